The molecule has 0 unspecified atom stereocenters. The molecule has 0 aliphatic carbocycles. The molecule has 0 aliphatic heterocycles. The lowest BCUT2D eigenvalue weighted by atomic mass is 10.0. The van der Waals surface area contributed by atoms with E-state index in [1.54, 1.807) is 18.2 Å². The van der Waals surface area contributed by atoms with E-state index in [2.05, 4.69) is 0 Å². The number of rotatable bonds is 7. The molecule has 0 fully saturated rings. The van der Waals surface area contributed by atoms with Gasteiger partial charge in [-0.05, 0) is 62.1 Å². The highest BCUT2D eigenvalue weighted by molar-refractivity contribution is 6.42. The second-order valence-corrected chi connectivity index (χ2v) is 8.09. The first-order valence-corrected chi connectivity index (χ1v) is 10.3. The summed E-state index contributed by atoms with van der Waals surface area (Å²) in [5.41, 5.74) is 2.45. The van der Waals surface area contributed by atoms with E-state index in [1.165, 1.54) is 6.07 Å². The first kappa shape index (κ1) is 22.2. The van der Waals surface area contributed by atoms with Crippen LogP contribution in [0.15, 0.2) is 45.6 Å². The highest BCUT2D eigenvalue weighted by Crippen LogP contribution is 2.30. The molecule has 0 spiro atoms. The maximum atomic E-state index is 12.0. The van der Waals surface area contributed by atoms with Crippen molar-refractivity contribution in [3.8, 4) is 5.75 Å². The Morgan fingerprint density at radius 3 is 2.57 bits per heavy atom. The fourth-order valence-corrected chi connectivity index (χ4v) is 3.39. The van der Waals surface area contributed by atoms with Gasteiger partial charge >= 0.3 is 11.6 Å². The van der Waals surface area contributed by atoms with Crippen molar-refractivity contribution in [2.24, 2.45) is 0 Å². The summed E-state index contributed by atoms with van der Waals surface area (Å²) in [5, 5.41) is 1.70. The van der Waals surface area contributed by atoms with Gasteiger partial charge in [0.15, 0.2) is 0 Å². The number of carbonyl (C=O) groups is 1. The second-order valence-electron chi connectivity index (χ2n) is 7.28. The predicted molar refractivity (Wildman–Crippen MR) is 118 cm³/mol. The second kappa shape index (κ2) is 9.54. The van der Waals surface area contributed by atoms with Gasteiger partial charge in [-0.3, -0.25) is 4.79 Å². The third kappa shape index (κ3) is 5.55. The minimum absolute atomic E-state index is 0.170. The van der Waals surface area contributed by atoms with E-state index in [0.29, 0.717) is 27.8 Å². The first-order chi connectivity index (χ1) is 14.2. The largest absolute Gasteiger partial charge is 0.488 e. The Labute approximate surface area is 184 Å². The summed E-state index contributed by atoms with van der Waals surface area (Å²) < 4.78 is 16.6. The average molecular weight is 449 g/mol. The van der Waals surface area contributed by atoms with Crippen molar-refractivity contribution in [3.05, 3.63) is 73.6 Å². The van der Waals surface area contributed by atoms with Gasteiger partial charge in [-0.2, -0.15) is 0 Å². The van der Waals surface area contributed by atoms with Crippen LogP contribution in [-0.4, -0.2) is 12.1 Å². The summed E-state index contributed by atoms with van der Waals surface area (Å²) in [5.74, 6) is 0.247. The van der Waals surface area contributed by atoms with Crippen LogP contribution < -0.4 is 10.4 Å². The van der Waals surface area contributed by atoms with Crippen LogP contribution in [0.1, 0.15) is 37.0 Å². The van der Waals surface area contributed by atoms with Crippen LogP contribution in [0.5, 0.6) is 5.75 Å². The number of aryl methyl sites for hydroxylation is 2. The Morgan fingerprint density at radius 2 is 1.87 bits per heavy atom. The molecule has 7 heteroatoms. The number of hydrogen-bond acceptors (Lipinski definition) is 5. The van der Waals surface area contributed by atoms with E-state index in [1.807, 2.05) is 32.9 Å². The molecule has 0 atom stereocenters. The summed E-state index contributed by atoms with van der Waals surface area (Å²) in [4.78, 5) is 23.8. The summed E-state index contributed by atoms with van der Waals surface area (Å²) in [6.07, 6.45) is 0.468. The van der Waals surface area contributed by atoms with Crippen molar-refractivity contribution < 1.29 is 18.7 Å². The van der Waals surface area contributed by atoms with Crippen LogP contribution in [0.2, 0.25) is 10.0 Å². The highest BCUT2D eigenvalue weighted by atomic mass is 35.5. The molecule has 0 saturated heterocycles. The van der Waals surface area contributed by atoms with Gasteiger partial charge in [0.2, 0.25) is 0 Å². The van der Waals surface area contributed by atoms with Gasteiger partial charge < -0.3 is 13.9 Å². The van der Waals surface area contributed by atoms with Crippen molar-refractivity contribution in [2.75, 3.05) is 0 Å². The first-order valence-electron chi connectivity index (χ1n) is 9.56. The van der Waals surface area contributed by atoms with E-state index < -0.39 is 5.63 Å². The van der Waals surface area contributed by atoms with Crippen molar-refractivity contribution in [3.63, 3.8) is 0 Å². The van der Waals surface area contributed by atoms with Crippen LogP contribution in [-0.2, 0) is 22.6 Å². The Bertz CT molecular complexity index is 1130. The monoisotopic (exact) mass is 448 g/mol. The quantitative estimate of drug-likeness (QED) is 0.333. The van der Waals surface area contributed by atoms with E-state index in [-0.39, 0.29) is 25.1 Å². The number of esters is 1. The average Bonchev–Trinajstić information content (AvgIpc) is 2.66. The molecule has 3 rings (SSSR count). The molecule has 158 valence electrons. The minimum atomic E-state index is -0.427. The van der Waals surface area contributed by atoms with Gasteiger partial charge in [0.1, 0.15) is 17.9 Å². The van der Waals surface area contributed by atoms with E-state index in [4.69, 9.17) is 37.1 Å². The van der Waals surface area contributed by atoms with Crippen molar-refractivity contribution in [1.29, 1.82) is 0 Å². The van der Waals surface area contributed by atoms with Gasteiger partial charge in [0, 0.05) is 23.9 Å². The SMILES string of the molecule is Cc1cc(=O)oc2cc(OCc3ccc(Cl)c(Cl)c3)c(CCC(=O)OC(C)C)cc12. The zero-order valence-corrected chi connectivity index (χ0v) is 18.5. The van der Waals surface area contributed by atoms with Crippen LogP contribution in [0, 0.1) is 6.92 Å². The number of fused-ring (bicyclic) bond motifs is 1. The van der Waals surface area contributed by atoms with Gasteiger partial charge in [-0.1, -0.05) is 29.3 Å². The highest BCUT2D eigenvalue weighted by Gasteiger charge is 2.14. The number of benzene rings is 2. The van der Waals surface area contributed by atoms with Crippen molar-refractivity contribution >= 4 is 40.1 Å². The normalized spacial score (nSPS) is 11.1. The maximum absolute atomic E-state index is 12.0. The molecule has 0 aliphatic rings. The molecule has 0 amide bonds. The standard InChI is InChI=1S/C23H22Cl2O5/c1-13(2)29-22(26)7-5-16-10-17-14(3)8-23(27)30-21(17)11-20(16)28-12-15-4-6-18(24)19(25)9-15/h4,6,8-11,13H,5,7,12H2,1-3H3. The fourth-order valence-electron chi connectivity index (χ4n) is 3.07. The molecular formula is C23H22Cl2O5. The molecular weight excluding hydrogens is 427 g/mol. The summed E-state index contributed by atoms with van der Waals surface area (Å²) >= 11 is 12.0. The Balaban J connectivity index is 1.91. The smallest absolute Gasteiger partial charge is 0.336 e. The van der Waals surface area contributed by atoms with Gasteiger partial charge in [0.05, 0.1) is 16.1 Å². The van der Waals surface area contributed by atoms with E-state index in [9.17, 15) is 9.59 Å². The molecule has 0 radical (unpaired) electrons. The molecule has 0 bridgehead atoms. The molecule has 1 aromatic heterocycles. The maximum Gasteiger partial charge on any atom is 0.336 e. The molecule has 2 aromatic carbocycles. The topological polar surface area (TPSA) is 65.7 Å². The Kier molecular flexibility index (Phi) is 7.06. The number of halogens is 2. The zero-order chi connectivity index (χ0) is 21.8. The lowest BCUT2D eigenvalue weighted by molar-refractivity contribution is -0.147. The Morgan fingerprint density at radius 1 is 1.10 bits per heavy atom. The molecule has 1 heterocycles. The molecule has 30 heavy (non-hydrogen) atoms. The summed E-state index contributed by atoms with van der Waals surface area (Å²) in [6.45, 7) is 5.70. The number of ether oxygens (including phenoxy) is 2. The molecule has 0 N–H and O–H groups in total. The third-order valence-electron chi connectivity index (χ3n) is 4.48. The summed E-state index contributed by atoms with van der Waals surface area (Å²) in [7, 11) is 0. The van der Waals surface area contributed by atoms with Crippen LogP contribution >= 0.6 is 23.2 Å². The minimum Gasteiger partial charge on any atom is -0.488 e. The van der Waals surface area contributed by atoms with Crippen molar-refractivity contribution in [2.45, 2.75) is 46.3 Å². The van der Waals surface area contributed by atoms with Gasteiger partial charge in [-0.25, -0.2) is 4.79 Å². The lowest BCUT2D eigenvalue weighted by Crippen LogP contribution is -2.12. The van der Waals surface area contributed by atoms with Gasteiger partial charge in [0.25, 0.3) is 0 Å². The van der Waals surface area contributed by atoms with Crippen molar-refractivity contribution in [1.82, 2.24) is 0 Å². The number of carbonyl (C=O) groups excluding carboxylic acids is 1. The predicted octanol–water partition coefficient (Wildman–Crippen LogP) is 5.87. The third-order valence-corrected chi connectivity index (χ3v) is 5.22. The van der Waals surface area contributed by atoms with Crippen LogP contribution in [0.3, 0.4) is 0 Å². The van der Waals surface area contributed by atoms with E-state index >= 15 is 0 Å². The zero-order valence-electron chi connectivity index (χ0n) is 17.0. The Hall–Kier alpha value is -2.50. The lowest BCUT2D eigenvalue weighted by Gasteiger charge is -2.14. The molecule has 5 nitrogen and oxygen atoms in total. The molecule has 0 saturated carbocycles. The van der Waals surface area contributed by atoms with Crippen LogP contribution in [0.25, 0.3) is 11.0 Å². The van der Waals surface area contributed by atoms with Gasteiger partial charge in [-0.15, -0.1) is 0 Å². The molecule has 3 aromatic rings. The van der Waals surface area contributed by atoms with E-state index in [0.717, 1.165) is 22.1 Å². The fraction of sp³-hybridized carbons (Fsp3) is 0.304. The summed E-state index contributed by atoms with van der Waals surface area (Å²) in [6, 6.07) is 10.3. The van der Waals surface area contributed by atoms with Crippen LogP contribution in [0.4, 0.5) is 0 Å². The number of hydrogen-bond donors (Lipinski definition) is 0.